The molecule has 0 radical (unpaired) electrons. The van der Waals surface area contributed by atoms with Crippen LogP contribution in [0.3, 0.4) is 0 Å². The molecule has 0 saturated heterocycles. The summed E-state index contributed by atoms with van der Waals surface area (Å²) in [4.78, 5) is 44.4. The van der Waals surface area contributed by atoms with E-state index in [9.17, 15) is 50.8 Å². The van der Waals surface area contributed by atoms with Crippen LogP contribution < -0.4 is 10.6 Å². The van der Waals surface area contributed by atoms with E-state index in [2.05, 4.69) is 0 Å². The van der Waals surface area contributed by atoms with Crippen LogP contribution in [0, 0.1) is 10.1 Å². The van der Waals surface area contributed by atoms with Crippen molar-refractivity contribution in [2.75, 3.05) is 26.2 Å². The summed E-state index contributed by atoms with van der Waals surface area (Å²) < 4.78 is 78.1. The zero-order chi connectivity index (χ0) is 24.5. The molecule has 2 N–H and O–H groups in total. The number of nitro groups is 1. The van der Waals surface area contributed by atoms with Crippen LogP contribution in [-0.4, -0.2) is 66.3 Å². The van der Waals surface area contributed by atoms with E-state index >= 15 is 0 Å². The van der Waals surface area contributed by atoms with Crippen LogP contribution >= 0.6 is 0 Å². The molecule has 3 amide bonds. The second-order valence-corrected chi connectivity index (χ2v) is 5.97. The van der Waals surface area contributed by atoms with Crippen LogP contribution in [0.4, 0.5) is 36.8 Å². The Morgan fingerprint density at radius 2 is 1.34 bits per heavy atom. The van der Waals surface area contributed by atoms with Gasteiger partial charge in [0.2, 0.25) is 0 Å². The number of hydrogen-bond donors (Lipinski definition) is 2. The van der Waals surface area contributed by atoms with E-state index < -0.39 is 68.0 Å². The summed E-state index contributed by atoms with van der Waals surface area (Å²) in [5, 5.41) is 13.6. The molecule has 1 aromatic rings. The zero-order valence-corrected chi connectivity index (χ0v) is 16.0. The highest BCUT2D eigenvalue weighted by molar-refractivity contribution is 5.82. The number of ether oxygens (including phenoxy) is 1. The molecule has 0 unspecified atom stereocenters. The van der Waals surface area contributed by atoms with E-state index in [0.29, 0.717) is 10.5 Å². The van der Waals surface area contributed by atoms with Gasteiger partial charge in [-0.1, -0.05) is 0 Å². The van der Waals surface area contributed by atoms with Gasteiger partial charge in [0.1, 0.15) is 6.61 Å². The SMILES string of the molecule is O=C(OCc1ccc([N+](=O)[O-])cc1)N(CCNC(=O)C(F)(F)F)CCNC(=O)C(F)(F)F. The van der Waals surface area contributed by atoms with Gasteiger partial charge in [0.25, 0.3) is 5.69 Å². The lowest BCUT2D eigenvalue weighted by Crippen LogP contribution is -2.46. The standard InChI is InChI=1S/C16H16F6N4O6/c17-15(18,19)12(27)23-5-7-25(8-6-24-13(28)16(20,21)22)14(29)32-9-10-1-3-11(4-2-10)26(30)31/h1-4H,5-9H2,(H,23,27)(H,24,28). The number of non-ortho nitro benzene ring substituents is 1. The molecule has 178 valence electrons. The third-order valence-electron chi connectivity index (χ3n) is 3.62. The van der Waals surface area contributed by atoms with Crippen LogP contribution in [0.25, 0.3) is 0 Å². The highest BCUT2D eigenvalue weighted by atomic mass is 19.4. The lowest BCUT2D eigenvalue weighted by Gasteiger charge is -2.23. The van der Waals surface area contributed by atoms with Gasteiger partial charge in [0, 0.05) is 38.3 Å². The van der Waals surface area contributed by atoms with Crippen LogP contribution in [0.1, 0.15) is 5.56 Å². The van der Waals surface area contributed by atoms with Crippen molar-refractivity contribution in [2.24, 2.45) is 0 Å². The number of nitro benzene ring substituents is 1. The lowest BCUT2D eigenvalue weighted by atomic mass is 10.2. The van der Waals surface area contributed by atoms with Crippen molar-refractivity contribution >= 4 is 23.6 Å². The van der Waals surface area contributed by atoms with E-state index in [-0.39, 0.29) is 5.69 Å². The van der Waals surface area contributed by atoms with Crippen molar-refractivity contribution in [2.45, 2.75) is 19.0 Å². The Balaban J connectivity index is 2.69. The molecule has 1 rings (SSSR count). The smallest absolute Gasteiger partial charge is 0.445 e. The molecule has 1 aromatic carbocycles. The van der Waals surface area contributed by atoms with E-state index in [0.717, 1.165) is 12.1 Å². The number of amides is 3. The maximum atomic E-state index is 12.2. The summed E-state index contributed by atoms with van der Waals surface area (Å²) in [7, 11) is 0. The molecule has 16 heteroatoms. The molecule has 0 aliphatic heterocycles. The quantitative estimate of drug-likeness (QED) is 0.319. The minimum absolute atomic E-state index is 0.234. The van der Waals surface area contributed by atoms with Crippen molar-refractivity contribution in [1.29, 1.82) is 0 Å². The van der Waals surface area contributed by atoms with Crippen LogP contribution in [0.15, 0.2) is 24.3 Å². The molecule has 0 aliphatic rings. The summed E-state index contributed by atoms with van der Waals surface area (Å²) >= 11 is 0. The Morgan fingerprint density at radius 3 is 1.72 bits per heavy atom. The van der Waals surface area contributed by atoms with Gasteiger partial charge in [0.15, 0.2) is 0 Å². The van der Waals surface area contributed by atoms with Crippen LogP contribution in [0.2, 0.25) is 0 Å². The van der Waals surface area contributed by atoms with Crippen molar-refractivity contribution < 1.29 is 50.4 Å². The maximum Gasteiger partial charge on any atom is 0.471 e. The van der Waals surface area contributed by atoms with Crippen molar-refractivity contribution in [3.63, 3.8) is 0 Å². The fraction of sp³-hybridized carbons (Fsp3) is 0.438. The zero-order valence-electron chi connectivity index (χ0n) is 16.0. The molecule has 0 aliphatic carbocycles. The van der Waals surface area contributed by atoms with E-state index in [1.54, 1.807) is 0 Å². The highest BCUT2D eigenvalue weighted by Gasteiger charge is 2.39. The second-order valence-electron chi connectivity index (χ2n) is 5.97. The highest BCUT2D eigenvalue weighted by Crippen LogP contribution is 2.15. The largest absolute Gasteiger partial charge is 0.471 e. The third kappa shape index (κ3) is 9.05. The summed E-state index contributed by atoms with van der Waals surface area (Å²) in [6, 6.07) is 4.78. The summed E-state index contributed by atoms with van der Waals surface area (Å²) in [5.41, 5.74) is 0.0714. The van der Waals surface area contributed by atoms with Gasteiger partial charge in [-0.3, -0.25) is 19.7 Å². The molecule has 0 heterocycles. The number of halogens is 6. The fourth-order valence-electron chi connectivity index (χ4n) is 2.05. The van der Waals surface area contributed by atoms with Gasteiger partial charge in [-0.25, -0.2) is 4.79 Å². The van der Waals surface area contributed by atoms with Gasteiger partial charge in [-0.05, 0) is 17.7 Å². The molecule has 0 fully saturated rings. The second kappa shape index (κ2) is 11.1. The predicted molar refractivity (Wildman–Crippen MR) is 93.0 cm³/mol. The number of hydrogen-bond acceptors (Lipinski definition) is 6. The number of rotatable bonds is 9. The molecular weight excluding hydrogens is 458 g/mol. The van der Waals surface area contributed by atoms with E-state index in [4.69, 9.17) is 4.74 Å². The van der Waals surface area contributed by atoms with Gasteiger partial charge in [-0.2, -0.15) is 26.3 Å². The van der Waals surface area contributed by atoms with Gasteiger partial charge < -0.3 is 20.3 Å². The molecule has 0 spiro atoms. The number of benzene rings is 1. The Morgan fingerprint density at radius 1 is 0.906 bits per heavy atom. The molecule has 0 aromatic heterocycles. The van der Waals surface area contributed by atoms with Gasteiger partial charge in [0.05, 0.1) is 4.92 Å². The molecule has 10 nitrogen and oxygen atoms in total. The average Bonchev–Trinajstić information content (AvgIpc) is 2.69. The number of nitrogens with one attached hydrogen (secondary N) is 2. The maximum absolute atomic E-state index is 12.2. The summed E-state index contributed by atoms with van der Waals surface area (Å²) in [6.45, 7) is -3.00. The molecule has 0 atom stereocenters. The van der Waals surface area contributed by atoms with Crippen molar-refractivity contribution in [3.05, 3.63) is 39.9 Å². The Labute approximate surface area is 175 Å². The van der Waals surface area contributed by atoms with Gasteiger partial charge in [-0.15, -0.1) is 0 Å². The first-order chi connectivity index (χ1) is 14.7. The first kappa shape index (κ1) is 26.4. The number of carbonyl (C=O) groups excluding carboxylic acids is 3. The van der Waals surface area contributed by atoms with E-state index in [1.165, 1.54) is 22.8 Å². The minimum Gasteiger partial charge on any atom is -0.445 e. The molecule has 32 heavy (non-hydrogen) atoms. The third-order valence-corrected chi connectivity index (χ3v) is 3.62. The first-order valence-corrected chi connectivity index (χ1v) is 8.57. The molecule has 0 bridgehead atoms. The number of carbonyl (C=O) groups is 3. The normalized spacial score (nSPS) is 11.4. The monoisotopic (exact) mass is 474 g/mol. The van der Waals surface area contributed by atoms with Crippen LogP contribution in [0.5, 0.6) is 0 Å². The number of nitrogens with zero attached hydrogens (tertiary/aromatic N) is 2. The average molecular weight is 474 g/mol. The Kier molecular flexibility index (Phi) is 9.21. The van der Waals surface area contributed by atoms with Crippen molar-refractivity contribution in [1.82, 2.24) is 15.5 Å². The van der Waals surface area contributed by atoms with Crippen LogP contribution in [-0.2, 0) is 20.9 Å². The summed E-state index contributed by atoms with van der Waals surface area (Å²) in [6.07, 6.45) is -11.5. The Hall–Kier alpha value is -3.59. The minimum atomic E-state index is -5.18. The topological polar surface area (TPSA) is 131 Å². The predicted octanol–water partition coefficient (Wildman–Crippen LogP) is 1.89. The fourth-order valence-corrected chi connectivity index (χ4v) is 2.05. The first-order valence-electron chi connectivity index (χ1n) is 8.57. The molecule has 0 saturated carbocycles. The van der Waals surface area contributed by atoms with E-state index in [1.807, 2.05) is 0 Å². The summed E-state index contributed by atoms with van der Waals surface area (Å²) in [5.74, 6) is -4.58. The van der Waals surface area contributed by atoms with Gasteiger partial charge >= 0.3 is 30.3 Å². The molecular formula is C16H16F6N4O6. The lowest BCUT2D eigenvalue weighted by molar-refractivity contribution is -0.384. The Bertz CT molecular complexity index is 796. The number of alkyl halides is 6. The van der Waals surface area contributed by atoms with Crippen molar-refractivity contribution in [3.8, 4) is 0 Å².